The van der Waals surface area contributed by atoms with Crippen LogP contribution in [0.1, 0.15) is 13.3 Å². The predicted molar refractivity (Wildman–Crippen MR) is 86.1 cm³/mol. The summed E-state index contributed by atoms with van der Waals surface area (Å²) in [4.78, 5) is 11.2. The van der Waals surface area contributed by atoms with Crippen LogP contribution in [-0.2, 0) is 14.8 Å². The van der Waals surface area contributed by atoms with Gasteiger partial charge >= 0.3 is 0 Å². The molecule has 0 aliphatic carbocycles. The largest absolute Gasteiger partial charge is 0.301 e. The number of anilines is 2. The van der Waals surface area contributed by atoms with Gasteiger partial charge in [0.05, 0.1) is 15.7 Å². The van der Waals surface area contributed by atoms with E-state index in [0.29, 0.717) is 5.02 Å². The van der Waals surface area contributed by atoms with Gasteiger partial charge in [-0.25, -0.2) is 0 Å². The van der Waals surface area contributed by atoms with Gasteiger partial charge in [-0.2, -0.15) is 8.42 Å². The minimum absolute atomic E-state index is 0.112. The van der Waals surface area contributed by atoms with Gasteiger partial charge in [-0.1, -0.05) is 41.5 Å². The van der Waals surface area contributed by atoms with Gasteiger partial charge in [0.2, 0.25) is 11.0 Å². The van der Waals surface area contributed by atoms with Crippen molar-refractivity contribution < 1.29 is 13.2 Å². The summed E-state index contributed by atoms with van der Waals surface area (Å²) in [6.07, 6.45) is 0.253. The van der Waals surface area contributed by atoms with Crippen molar-refractivity contribution >= 4 is 61.3 Å². The van der Waals surface area contributed by atoms with Crippen LogP contribution in [0.5, 0.6) is 0 Å². The molecule has 1 heterocycles. The molecule has 0 saturated heterocycles. The van der Waals surface area contributed by atoms with E-state index < -0.39 is 10.0 Å². The van der Waals surface area contributed by atoms with Gasteiger partial charge in [0.15, 0.2) is 0 Å². The van der Waals surface area contributed by atoms with Crippen LogP contribution >= 0.6 is 34.5 Å². The van der Waals surface area contributed by atoms with Crippen LogP contribution < -0.4 is 10.0 Å². The topological polar surface area (TPSA) is 101 Å². The molecule has 0 aliphatic rings. The summed E-state index contributed by atoms with van der Waals surface area (Å²) in [6, 6.07) is 4.31. The Morgan fingerprint density at radius 1 is 1.27 bits per heavy atom. The smallest absolute Gasteiger partial charge is 0.291 e. The van der Waals surface area contributed by atoms with E-state index in [1.807, 2.05) is 0 Å². The van der Waals surface area contributed by atoms with Gasteiger partial charge < -0.3 is 5.32 Å². The molecule has 0 atom stereocenters. The van der Waals surface area contributed by atoms with Crippen LogP contribution in [0, 0.1) is 0 Å². The predicted octanol–water partition coefficient (Wildman–Crippen LogP) is 2.99. The minimum atomic E-state index is -3.92. The molecule has 0 saturated carbocycles. The molecule has 2 N–H and O–H groups in total. The number of carbonyl (C=O) groups excluding carboxylic acids is 1. The summed E-state index contributed by atoms with van der Waals surface area (Å²) < 4.78 is 26.4. The minimum Gasteiger partial charge on any atom is -0.301 e. The lowest BCUT2D eigenvalue weighted by Gasteiger charge is -2.05. The first-order valence-corrected chi connectivity index (χ1v) is 8.98. The summed E-state index contributed by atoms with van der Waals surface area (Å²) in [5, 5.41) is 10.2. The molecule has 118 valence electrons. The maximum atomic E-state index is 12.2. The Bertz CT molecular complexity index is 807. The molecular formula is C11H10Cl2N4O3S2. The average molecular weight is 381 g/mol. The zero-order chi connectivity index (χ0) is 16.3. The summed E-state index contributed by atoms with van der Waals surface area (Å²) >= 11 is 12.3. The summed E-state index contributed by atoms with van der Waals surface area (Å²) in [5.41, 5.74) is 0.240. The highest BCUT2D eigenvalue weighted by molar-refractivity contribution is 7.94. The fourth-order valence-corrected chi connectivity index (χ4v) is 3.60. The molecule has 1 amide bonds. The van der Waals surface area contributed by atoms with Crippen molar-refractivity contribution in [3.05, 3.63) is 28.2 Å². The van der Waals surface area contributed by atoms with Crippen LogP contribution in [0.4, 0.5) is 10.8 Å². The third-order valence-corrected chi connectivity index (χ3v) is 5.70. The molecule has 1 aromatic carbocycles. The first kappa shape index (κ1) is 16.9. The van der Waals surface area contributed by atoms with Crippen molar-refractivity contribution in [1.82, 2.24) is 10.2 Å². The maximum absolute atomic E-state index is 12.2. The number of rotatable bonds is 5. The number of amides is 1. The number of carbonyl (C=O) groups is 1. The molecular weight excluding hydrogens is 371 g/mol. The summed E-state index contributed by atoms with van der Waals surface area (Å²) in [6.45, 7) is 1.67. The number of sulfonamides is 1. The lowest BCUT2D eigenvalue weighted by atomic mass is 10.3. The number of hydrogen-bond acceptors (Lipinski definition) is 6. The molecule has 0 bridgehead atoms. The summed E-state index contributed by atoms with van der Waals surface area (Å²) in [7, 11) is -3.92. The second-order valence-corrected chi connectivity index (χ2v) is 7.66. The van der Waals surface area contributed by atoms with Crippen molar-refractivity contribution in [3.63, 3.8) is 0 Å². The van der Waals surface area contributed by atoms with Crippen molar-refractivity contribution in [3.8, 4) is 0 Å². The van der Waals surface area contributed by atoms with E-state index in [9.17, 15) is 13.2 Å². The first-order chi connectivity index (χ1) is 10.3. The molecule has 22 heavy (non-hydrogen) atoms. The van der Waals surface area contributed by atoms with E-state index in [0.717, 1.165) is 11.3 Å². The first-order valence-electron chi connectivity index (χ1n) is 5.93. The Morgan fingerprint density at radius 2 is 2.00 bits per heavy atom. The third kappa shape index (κ3) is 4.07. The Kier molecular flexibility index (Phi) is 5.22. The van der Waals surface area contributed by atoms with Gasteiger partial charge in [-0.15, -0.1) is 10.2 Å². The quantitative estimate of drug-likeness (QED) is 0.776. The summed E-state index contributed by atoms with van der Waals surface area (Å²) in [5.74, 6) is -0.280. The Labute approximate surface area is 140 Å². The van der Waals surface area contributed by atoms with E-state index in [1.165, 1.54) is 18.2 Å². The van der Waals surface area contributed by atoms with Gasteiger partial charge in [-0.3, -0.25) is 9.52 Å². The fourth-order valence-electron chi connectivity index (χ4n) is 1.33. The van der Waals surface area contributed by atoms with Crippen LogP contribution in [0.3, 0.4) is 0 Å². The SMILES string of the molecule is CCC(=O)Nc1nnc(S(=O)(=O)Nc2ccc(Cl)c(Cl)c2)s1. The number of benzene rings is 1. The molecule has 0 fully saturated rings. The Hall–Kier alpha value is -1.42. The molecule has 0 aliphatic heterocycles. The number of nitrogens with zero attached hydrogens (tertiary/aromatic N) is 2. The van der Waals surface area contributed by atoms with Gasteiger partial charge in [-0.05, 0) is 18.2 Å². The highest BCUT2D eigenvalue weighted by atomic mass is 35.5. The van der Waals surface area contributed by atoms with Crippen molar-refractivity contribution in [2.75, 3.05) is 10.0 Å². The Morgan fingerprint density at radius 3 is 2.64 bits per heavy atom. The highest BCUT2D eigenvalue weighted by Gasteiger charge is 2.21. The molecule has 1 aromatic heterocycles. The normalized spacial score (nSPS) is 11.2. The lowest BCUT2D eigenvalue weighted by molar-refractivity contribution is -0.115. The van der Waals surface area contributed by atoms with Crippen LogP contribution in [0.2, 0.25) is 10.0 Å². The average Bonchev–Trinajstić information content (AvgIpc) is 2.92. The zero-order valence-corrected chi connectivity index (χ0v) is 14.3. The molecule has 2 aromatic rings. The van der Waals surface area contributed by atoms with Gasteiger partial charge in [0.25, 0.3) is 14.4 Å². The second kappa shape index (κ2) is 6.78. The zero-order valence-electron chi connectivity index (χ0n) is 11.1. The number of aromatic nitrogens is 2. The second-order valence-electron chi connectivity index (χ2n) is 4.01. The van der Waals surface area contributed by atoms with Gasteiger partial charge in [0, 0.05) is 6.42 Å². The monoisotopic (exact) mass is 380 g/mol. The van der Waals surface area contributed by atoms with E-state index >= 15 is 0 Å². The number of halogens is 2. The van der Waals surface area contributed by atoms with Crippen LogP contribution in [-0.4, -0.2) is 24.5 Å². The van der Waals surface area contributed by atoms with Crippen LogP contribution in [0.15, 0.2) is 22.5 Å². The van der Waals surface area contributed by atoms with Crippen molar-refractivity contribution in [2.24, 2.45) is 0 Å². The molecule has 0 radical (unpaired) electrons. The van der Waals surface area contributed by atoms with Crippen LogP contribution in [0.25, 0.3) is 0 Å². The highest BCUT2D eigenvalue weighted by Crippen LogP contribution is 2.27. The number of nitrogens with one attached hydrogen (secondary N) is 2. The molecule has 2 rings (SSSR count). The molecule has 0 spiro atoms. The third-order valence-electron chi connectivity index (χ3n) is 2.38. The van der Waals surface area contributed by atoms with Gasteiger partial charge in [0.1, 0.15) is 0 Å². The Balaban J connectivity index is 2.19. The van der Waals surface area contributed by atoms with Crippen molar-refractivity contribution in [2.45, 2.75) is 17.7 Å². The lowest BCUT2D eigenvalue weighted by Crippen LogP contribution is -2.12. The molecule has 7 nitrogen and oxygen atoms in total. The van der Waals surface area contributed by atoms with E-state index in [4.69, 9.17) is 23.2 Å². The standard InChI is InChI=1S/C11H10Cl2N4O3S2/c1-2-9(18)14-10-15-16-11(21-10)22(19,20)17-6-3-4-7(12)8(13)5-6/h3-5,17H,2H2,1H3,(H,14,15,18). The maximum Gasteiger partial charge on any atom is 0.291 e. The van der Waals surface area contributed by atoms with Crippen molar-refractivity contribution in [1.29, 1.82) is 0 Å². The van der Waals surface area contributed by atoms with E-state index in [-0.39, 0.29) is 32.5 Å². The number of hydrogen-bond donors (Lipinski definition) is 2. The molecule has 11 heteroatoms. The fraction of sp³-hybridized carbons (Fsp3) is 0.182. The van der Waals surface area contributed by atoms with E-state index in [1.54, 1.807) is 6.92 Å². The van der Waals surface area contributed by atoms with E-state index in [2.05, 4.69) is 20.2 Å². The molecule has 0 unspecified atom stereocenters.